The summed E-state index contributed by atoms with van der Waals surface area (Å²) in [6, 6.07) is 12.6. The number of benzene rings is 2. The number of hydrogen-bond donors (Lipinski definition) is 0. The summed E-state index contributed by atoms with van der Waals surface area (Å²) in [4.78, 5) is 22.5. The van der Waals surface area contributed by atoms with Crippen molar-refractivity contribution in [1.29, 1.82) is 0 Å². The van der Waals surface area contributed by atoms with Crippen LogP contribution in [0.25, 0.3) is 10.2 Å². The normalized spacial score (nSPS) is 14.9. The zero-order valence-corrected chi connectivity index (χ0v) is 22.0. The summed E-state index contributed by atoms with van der Waals surface area (Å²) in [7, 11) is -3.41. The largest absolute Gasteiger partial charge is 0.379 e. The number of rotatable bonds is 10. The Labute approximate surface area is 211 Å². The number of amides is 1. The average Bonchev–Trinajstić information content (AvgIpc) is 3.25. The molecule has 0 saturated carbocycles. The minimum atomic E-state index is -3.41. The highest BCUT2D eigenvalue weighted by Crippen LogP contribution is 2.31. The number of aryl methyl sites for hydroxylation is 2. The smallest absolute Gasteiger partial charge is 0.228 e. The Morgan fingerprint density at radius 3 is 2.54 bits per heavy atom. The lowest BCUT2D eigenvalue weighted by atomic mass is 10.1. The molecule has 1 aliphatic rings. The average molecular weight is 516 g/mol. The van der Waals surface area contributed by atoms with Gasteiger partial charge in [-0.3, -0.25) is 14.6 Å². The van der Waals surface area contributed by atoms with Crippen LogP contribution in [-0.4, -0.2) is 69.4 Å². The molecule has 1 aliphatic heterocycles. The number of morpholine rings is 1. The van der Waals surface area contributed by atoms with Crippen LogP contribution in [0.1, 0.15) is 30.4 Å². The molecule has 0 spiro atoms. The monoisotopic (exact) mass is 515 g/mol. The van der Waals surface area contributed by atoms with Crippen LogP contribution in [0.15, 0.2) is 47.4 Å². The molecule has 1 fully saturated rings. The maximum atomic E-state index is 13.3. The Kier molecular flexibility index (Phi) is 8.54. The van der Waals surface area contributed by atoms with Gasteiger partial charge in [0.1, 0.15) is 0 Å². The fourth-order valence-electron chi connectivity index (χ4n) is 4.18. The number of ether oxygens (including phenoxy) is 1. The van der Waals surface area contributed by atoms with E-state index in [1.54, 1.807) is 35.2 Å². The van der Waals surface area contributed by atoms with E-state index < -0.39 is 9.84 Å². The molecule has 0 bridgehead atoms. The fraction of sp³-hybridized carbons (Fsp3) is 0.462. The molecule has 0 N–H and O–H groups in total. The Balaban J connectivity index is 1.45. The third-order valence-corrected chi connectivity index (χ3v) is 9.25. The first-order chi connectivity index (χ1) is 16.8. The van der Waals surface area contributed by atoms with E-state index in [1.165, 1.54) is 22.5 Å². The van der Waals surface area contributed by atoms with Gasteiger partial charge in [0.05, 0.1) is 34.1 Å². The molecule has 7 nitrogen and oxygen atoms in total. The Hall–Kier alpha value is -2.33. The maximum Gasteiger partial charge on any atom is 0.228 e. The van der Waals surface area contributed by atoms with Gasteiger partial charge in [-0.25, -0.2) is 13.4 Å². The number of thiazole rings is 1. The number of carbonyl (C=O) groups excluding carboxylic acids is 1. The third kappa shape index (κ3) is 6.67. The van der Waals surface area contributed by atoms with Gasteiger partial charge in [-0.1, -0.05) is 29.5 Å². The molecule has 0 atom stereocenters. The number of carbonyl (C=O) groups is 1. The molecule has 2 aromatic carbocycles. The number of anilines is 1. The fourth-order valence-corrected chi connectivity index (χ4v) is 6.60. The Bertz CT molecular complexity index is 1210. The Morgan fingerprint density at radius 1 is 1.09 bits per heavy atom. The van der Waals surface area contributed by atoms with Crippen molar-refractivity contribution in [2.45, 2.75) is 38.0 Å². The summed E-state index contributed by atoms with van der Waals surface area (Å²) in [5.41, 5.74) is 3.26. The summed E-state index contributed by atoms with van der Waals surface area (Å²) in [5, 5.41) is 0.683. The van der Waals surface area contributed by atoms with E-state index in [0.29, 0.717) is 16.6 Å². The van der Waals surface area contributed by atoms with Gasteiger partial charge < -0.3 is 4.74 Å². The van der Waals surface area contributed by atoms with E-state index in [9.17, 15) is 13.2 Å². The SMILES string of the molecule is Cc1cc2nc(N(CCCN3CCOCC3)C(=O)CCCS(=O)(=O)c3ccccc3)sc2cc1C. The van der Waals surface area contributed by atoms with Gasteiger partial charge in [0, 0.05) is 32.6 Å². The molecule has 1 amide bonds. The van der Waals surface area contributed by atoms with Gasteiger partial charge in [0.2, 0.25) is 5.91 Å². The van der Waals surface area contributed by atoms with Crippen LogP contribution < -0.4 is 4.90 Å². The zero-order chi connectivity index (χ0) is 24.8. The predicted molar refractivity (Wildman–Crippen MR) is 141 cm³/mol. The van der Waals surface area contributed by atoms with Crippen molar-refractivity contribution in [2.24, 2.45) is 0 Å². The van der Waals surface area contributed by atoms with Crippen molar-refractivity contribution in [3.8, 4) is 0 Å². The van der Waals surface area contributed by atoms with E-state index in [0.717, 1.165) is 49.5 Å². The molecule has 35 heavy (non-hydrogen) atoms. The first-order valence-electron chi connectivity index (χ1n) is 12.1. The second-order valence-electron chi connectivity index (χ2n) is 8.99. The highest BCUT2D eigenvalue weighted by Gasteiger charge is 2.22. The Morgan fingerprint density at radius 2 is 1.80 bits per heavy atom. The summed E-state index contributed by atoms with van der Waals surface area (Å²) >= 11 is 1.52. The zero-order valence-electron chi connectivity index (χ0n) is 20.4. The van der Waals surface area contributed by atoms with E-state index >= 15 is 0 Å². The standard InChI is InChI=1S/C26H33N3O4S2/c1-20-18-23-24(19-21(20)2)34-26(27-23)29(12-7-11-28-13-15-33-16-14-28)25(30)10-6-17-35(31,32)22-8-4-3-5-9-22/h3-5,8-9,18-19H,6-7,10-17H2,1-2H3. The van der Waals surface area contributed by atoms with Gasteiger partial charge in [-0.15, -0.1) is 0 Å². The summed E-state index contributed by atoms with van der Waals surface area (Å²) in [6.07, 6.45) is 1.26. The summed E-state index contributed by atoms with van der Waals surface area (Å²) in [6.45, 7) is 8.89. The molecule has 2 heterocycles. The number of fused-ring (bicyclic) bond motifs is 1. The van der Waals surface area contributed by atoms with Gasteiger partial charge in [-0.05, 0) is 62.1 Å². The quantitative estimate of drug-likeness (QED) is 0.402. The minimum Gasteiger partial charge on any atom is -0.379 e. The topological polar surface area (TPSA) is 79.8 Å². The molecule has 0 unspecified atom stereocenters. The highest BCUT2D eigenvalue weighted by molar-refractivity contribution is 7.91. The third-order valence-electron chi connectivity index (χ3n) is 6.39. The van der Waals surface area contributed by atoms with Gasteiger partial charge in [0.15, 0.2) is 15.0 Å². The molecule has 9 heteroatoms. The number of sulfone groups is 1. The second-order valence-corrected chi connectivity index (χ2v) is 12.1. The maximum absolute atomic E-state index is 13.3. The van der Waals surface area contributed by atoms with Crippen molar-refractivity contribution < 1.29 is 17.9 Å². The van der Waals surface area contributed by atoms with Crippen molar-refractivity contribution in [3.05, 3.63) is 53.6 Å². The van der Waals surface area contributed by atoms with Gasteiger partial charge in [-0.2, -0.15) is 0 Å². The van der Waals surface area contributed by atoms with E-state index in [-0.39, 0.29) is 24.5 Å². The summed E-state index contributed by atoms with van der Waals surface area (Å²) < 4.78 is 31.7. The minimum absolute atomic E-state index is 0.0530. The van der Waals surface area contributed by atoms with Crippen LogP contribution in [-0.2, 0) is 19.4 Å². The highest BCUT2D eigenvalue weighted by atomic mass is 32.2. The number of nitrogens with zero attached hydrogens (tertiary/aromatic N) is 3. The molecule has 1 aromatic heterocycles. The van der Waals surface area contributed by atoms with Crippen LogP contribution in [0.2, 0.25) is 0 Å². The molecular weight excluding hydrogens is 482 g/mol. The van der Waals surface area contributed by atoms with Crippen LogP contribution >= 0.6 is 11.3 Å². The molecular formula is C26H33N3O4S2. The predicted octanol–water partition coefficient (Wildman–Crippen LogP) is 4.22. The second kappa shape index (κ2) is 11.6. The first-order valence-corrected chi connectivity index (χ1v) is 14.6. The van der Waals surface area contributed by atoms with Crippen molar-refractivity contribution in [2.75, 3.05) is 50.0 Å². The van der Waals surface area contributed by atoms with Crippen molar-refractivity contribution >= 4 is 42.4 Å². The lowest BCUT2D eigenvalue weighted by Crippen LogP contribution is -2.39. The van der Waals surface area contributed by atoms with E-state index in [4.69, 9.17) is 9.72 Å². The molecule has 4 rings (SSSR count). The van der Waals surface area contributed by atoms with E-state index in [1.807, 2.05) is 0 Å². The molecule has 188 valence electrons. The molecule has 3 aromatic rings. The first kappa shape index (κ1) is 25.8. The lowest BCUT2D eigenvalue weighted by molar-refractivity contribution is -0.118. The summed E-state index contributed by atoms with van der Waals surface area (Å²) in [5.74, 6) is -0.134. The van der Waals surface area contributed by atoms with Crippen LogP contribution in [0.4, 0.5) is 5.13 Å². The number of aromatic nitrogens is 1. The van der Waals surface area contributed by atoms with E-state index in [2.05, 4.69) is 30.9 Å². The van der Waals surface area contributed by atoms with Crippen molar-refractivity contribution in [3.63, 3.8) is 0 Å². The molecule has 0 aliphatic carbocycles. The van der Waals surface area contributed by atoms with Crippen LogP contribution in [0, 0.1) is 13.8 Å². The van der Waals surface area contributed by atoms with Gasteiger partial charge >= 0.3 is 0 Å². The van der Waals surface area contributed by atoms with Crippen LogP contribution in [0.5, 0.6) is 0 Å². The van der Waals surface area contributed by atoms with Gasteiger partial charge in [0.25, 0.3) is 0 Å². The lowest BCUT2D eigenvalue weighted by Gasteiger charge is -2.27. The molecule has 1 saturated heterocycles. The number of hydrogen-bond acceptors (Lipinski definition) is 7. The molecule has 0 radical (unpaired) electrons. The van der Waals surface area contributed by atoms with Crippen LogP contribution in [0.3, 0.4) is 0 Å². The van der Waals surface area contributed by atoms with Crippen molar-refractivity contribution in [1.82, 2.24) is 9.88 Å².